The van der Waals surface area contributed by atoms with Gasteiger partial charge in [0.2, 0.25) is 0 Å². The minimum atomic E-state index is -4.47. The maximum absolute atomic E-state index is 14.0. The second-order valence-corrected chi connectivity index (χ2v) is 8.89. The largest absolute Gasteiger partial charge is 0.497 e. The molecule has 5 rings (SSSR count). The van der Waals surface area contributed by atoms with Crippen molar-refractivity contribution in [1.29, 1.82) is 0 Å². The molecule has 0 aliphatic heterocycles. The van der Waals surface area contributed by atoms with Crippen LogP contribution in [0.4, 0.5) is 18.9 Å². The van der Waals surface area contributed by atoms with Crippen molar-refractivity contribution in [2.75, 3.05) is 26.1 Å². The van der Waals surface area contributed by atoms with Gasteiger partial charge in [0.1, 0.15) is 5.75 Å². The predicted molar refractivity (Wildman–Crippen MR) is 137 cm³/mol. The smallest absolute Gasteiger partial charge is 0.416 e. The number of aryl methyl sites for hydroxylation is 1. The number of methoxy groups -OCH3 is 1. The van der Waals surface area contributed by atoms with Crippen LogP contribution in [0.1, 0.15) is 11.1 Å². The molecule has 0 N–H and O–H groups in total. The Labute approximate surface area is 202 Å². The zero-order valence-electron chi connectivity index (χ0n) is 19.9. The van der Waals surface area contributed by atoms with Crippen molar-refractivity contribution in [3.63, 3.8) is 0 Å². The van der Waals surface area contributed by atoms with Crippen LogP contribution in [-0.2, 0) is 6.18 Å². The number of alkyl halides is 3. The Hall–Kier alpha value is -3.93. The van der Waals surface area contributed by atoms with Crippen LogP contribution in [0.25, 0.3) is 38.6 Å². The maximum atomic E-state index is 14.0. The summed E-state index contributed by atoms with van der Waals surface area (Å²) in [5.74, 6) is 0.724. The second-order valence-electron chi connectivity index (χ2n) is 8.89. The molecule has 0 unspecified atom stereocenters. The zero-order valence-corrected chi connectivity index (χ0v) is 19.9. The van der Waals surface area contributed by atoms with Crippen molar-refractivity contribution in [3.05, 3.63) is 90.0 Å². The number of nitrogens with zero attached hydrogens (tertiary/aromatic N) is 2. The monoisotopic (exact) mass is 474 g/mol. The van der Waals surface area contributed by atoms with E-state index < -0.39 is 11.7 Å². The highest BCUT2D eigenvalue weighted by molar-refractivity contribution is 6.11. The average Bonchev–Trinajstić information content (AvgIpc) is 3.15. The summed E-state index contributed by atoms with van der Waals surface area (Å²) in [6.45, 7) is 2.03. The molecule has 0 spiro atoms. The fourth-order valence-corrected chi connectivity index (χ4v) is 4.68. The Morgan fingerprint density at radius 3 is 2.09 bits per heavy atom. The number of benzene rings is 4. The molecule has 0 aliphatic rings. The van der Waals surface area contributed by atoms with Gasteiger partial charge in [0, 0.05) is 30.4 Å². The highest BCUT2D eigenvalue weighted by atomic mass is 19.4. The van der Waals surface area contributed by atoms with Gasteiger partial charge in [0.25, 0.3) is 0 Å². The summed E-state index contributed by atoms with van der Waals surface area (Å²) < 4.78 is 49.5. The quantitative estimate of drug-likeness (QED) is 0.264. The van der Waals surface area contributed by atoms with Gasteiger partial charge in [-0.2, -0.15) is 13.2 Å². The van der Waals surface area contributed by atoms with Gasteiger partial charge < -0.3 is 14.2 Å². The van der Waals surface area contributed by atoms with Crippen LogP contribution < -0.4 is 9.64 Å². The van der Waals surface area contributed by atoms with Gasteiger partial charge in [0.05, 0.1) is 35.1 Å². The normalized spacial score (nSPS) is 11.9. The average molecular weight is 475 g/mol. The third kappa shape index (κ3) is 3.89. The van der Waals surface area contributed by atoms with Gasteiger partial charge in [-0.15, -0.1) is 0 Å². The number of rotatable bonds is 4. The third-order valence-corrected chi connectivity index (χ3v) is 6.34. The Bertz CT molecular complexity index is 1550. The van der Waals surface area contributed by atoms with Crippen LogP contribution in [0.2, 0.25) is 0 Å². The number of halogens is 3. The van der Waals surface area contributed by atoms with Gasteiger partial charge in [0.15, 0.2) is 0 Å². The standard InChI is InChI=1S/C29H25F3N2O/c1-18-10-12-25-23(14-18)24-17-21(35-4)11-13-26(24)34(25)28-22(19-8-6-5-7-9-19)15-20(29(30,31)32)16-27(28)33(2)3/h5-17H,1-4H3. The van der Waals surface area contributed by atoms with E-state index in [-0.39, 0.29) is 0 Å². The van der Waals surface area contributed by atoms with E-state index in [1.165, 1.54) is 12.1 Å². The van der Waals surface area contributed by atoms with Crippen molar-refractivity contribution < 1.29 is 17.9 Å². The third-order valence-electron chi connectivity index (χ3n) is 6.34. The lowest BCUT2D eigenvalue weighted by atomic mass is 9.98. The Morgan fingerprint density at radius 2 is 1.46 bits per heavy atom. The first-order valence-electron chi connectivity index (χ1n) is 11.3. The SMILES string of the molecule is COc1ccc2c(c1)c1cc(C)ccc1n2-c1c(-c2ccccc2)cc(C(F)(F)F)cc1N(C)C. The van der Waals surface area contributed by atoms with E-state index in [0.717, 1.165) is 33.1 Å². The molecule has 0 saturated carbocycles. The van der Waals surface area contributed by atoms with Crippen molar-refractivity contribution >= 4 is 27.5 Å². The minimum Gasteiger partial charge on any atom is -0.497 e. The van der Waals surface area contributed by atoms with Gasteiger partial charge in [-0.3, -0.25) is 0 Å². The van der Waals surface area contributed by atoms with Gasteiger partial charge in [-0.25, -0.2) is 0 Å². The molecule has 0 atom stereocenters. The van der Waals surface area contributed by atoms with E-state index in [2.05, 4.69) is 10.6 Å². The fraction of sp³-hybridized carbons (Fsp3) is 0.172. The second kappa shape index (κ2) is 8.38. The first kappa shape index (κ1) is 22.8. The van der Waals surface area contributed by atoms with E-state index >= 15 is 0 Å². The Balaban J connectivity index is 1.99. The van der Waals surface area contributed by atoms with Gasteiger partial charge >= 0.3 is 6.18 Å². The van der Waals surface area contributed by atoms with Crippen molar-refractivity contribution in [1.82, 2.24) is 4.57 Å². The van der Waals surface area contributed by atoms with Crippen LogP contribution in [-0.4, -0.2) is 25.8 Å². The summed E-state index contributed by atoms with van der Waals surface area (Å²) in [7, 11) is 5.17. The summed E-state index contributed by atoms with van der Waals surface area (Å²) in [6.07, 6.45) is -4.47. The van der Waals surface area contributed by atoms with Crippen LogP contribution in [0, 0.1) is 6.92 Å². The molecular weight excluding hydrogens is 449 g/mol. The molecular formula is C29H25F3N2O. The number of fused-ring (bicyclic) bond motifs is 3. The topological polar surface area (TPSA) is 17.4 Å². The number of ether oxygens (including phenoxy) is 1. The number of hydrogen-bond acceptors (Lipinski definition) is 2. The molecule has 0 fully saturated rings. The summed E-state index contributed by atoms with van der Waals surface area (Å²) >= 11 is 0. The molecule has 3 nitrogen and oxygen atoms in total. The fourth-order valence-electron chi connectivity index (χ4n) is 4.68. The molecule has 1 aromatic heterocycles. The van der Waals surface area contributed by atoms with Gasteiger partial charge in [-0.05, 0) is 55.0 Å². The van der Waals surface area contributed by atoms with Crippen molar-refractivity contribution in [2.24, 2.45) is 0 Å². The summed E-state index contributed by atoms with van der Waals surface area (Å²) in [4.78, 5) is 1.74. The highest BCUT2D eigenvalue weighted by Gasteiger charge is 2.33. The molecule has 6 heteroatoms. The Morgan fingerprint density at radius 1 is 0.800 bits per heavy atom. The van der Waals surface area contributed by atoms with Crippen LogP contribution >= 0.6 is 0 Å². The summed E-state index contributed by atoms with van der Waals surface area (Å²) in [5, 5.41) is 1.99. The first-order chi connectivity index (χ1) is 16.7. The van der Waals surface area contributed by atoms with Crippen molar-refractivity contribution in [3.8, 4) is 22.6 Å². The van der Waals surface area contributed by atoms with E-state index in [1.54, 1.807) is 26.1 Å². The van der Waals surface area contributed by atoms with E-state index in [4.69, 9.17) is 4.74 Å². The number of aromatic nitrogens is 1. The molecule has 0 radical (unpaired) electrons. The molecule has 0 bridgehead atoms. The molecule has 4 aromatic carbocycles. The number of anilines is 1. The lowest BCUT2D eigenvalue weighted by molar-refractivity contribution is -0.137. The predicted octanol–water partition coefficient (Wildman–Crippen LogP) is 7.85. The minimum absolute atomic E-state index is 0.480. The lowest BCUT2D eigenvalue weighted by Crippen LogP contribution is -2.16. The lowest BCUT2D eigenvalue weighted by Gasteiger charge is -2.25. The molecule has 178 valence electrons. The molecule has 5 aromatic rings. The Kier molecular flexibility index (Phi) is 5.47. The summed E-state index contributed by atoms with van der Waals surface area (Å²) in [5.41, 5.74) is 4.64. The molecule has 0 amide bonds. The van der Waals surface area contributed by atoms with E-state index in [1.807, 2.05) is 67.6 Å². The van der Waals surface area contributed by atoms with Crippen LogP contribution in [0.5, 0.6) is 5.75 Å². The number of hydrogen-bond donors (Lipinski definition) is 0. The van der Waals surface area contributed by atoms with E-state index in [9.17, 15) is 13.2 Å². The molecule has 0 aliphatic carbocycles. The first-order valence-corrected chi connectivity index (χ1v) is 11.3. The van der Waals surface area contributed by atoms with Crippen LogP contribution in [0.15, 0.2) is 78.9 Å². The zero-order chi connectivity index (χ0) is 24.9. The summed E-state index contributed by atoms with van der Waals surface area (Å²) in [6, 6.07) is 23.7. The van der Waals surface area contributed by atoms with Crippen molar-refractivity contribution in [2.45, 2.75) is 13.1 Å². The highest BCUT2D eigenvalue weighted by Crippen LogP contribution is 2.44. The molecule has 35 heavy (non-hydrogen) atoms. The molecule has 1 heterocycles. The maximum Gasteiger partial charge on any atom is 0.416 e. The van der Waals surface area contributed by atoms with Gasteiger partial charge in [-0.1, -0.05) is 42.0 Å². The van der Waals surface area contributed by atoms with Crippen LogP contribution in [0.3, 0.4) is 0 Å². The van der Waals surface area contributed by atoms with E-state index in [0.29, 0.717) is 22.5 Å². The molecule has 0 saturated heterocycles.